The van der Waals surface area contributed by atoms with Crippen LogP contribution in [0.15, 0.2) is 47.4 Å². The maximum atomic E-state index is 13.4. The van der Waals surface area contributed by atoms with E-state index in [2.05, 4.69) is 0 Å². The van der Waals surface area contributed by atoms with E-state index in [1.807, 2.05) is 23.1 Å². The highest BCUT2D eigenvalue weighted by Gasteiger charge is 2.33. The SMILES string of the molecule is COc1ccc(C2CCCN2C(=O)c2cccc(S(=O)(=O)N3CCCC3)c2)c(OC)c1. The fourth-order valence-corrected chi connectivity index (χ4v) is 6.02. The molecule has 1 unspecified atom stereocenters. The number of hydrogen-bond donors (Lipinski definition) is 0. The Kier molecular flexibility index (Phi) is 6.20. The van der Waals surface area contributed by atoms with Crippen molar-refractivity contribution in [2.45, 2.75) is 36.6 Å². The van der Waals surface area contributed by atoms with Crippen molar-refractivity contribution >= 4 is 15.9 Å². The van der Waals surface area contributed by atoms with E-state index in [4.69, 9.17) is 9.47 Å². The number of likely N-dealkylation sites (tertiary alicyclic amines) is 1. The Bertz CT molecular complexity index is 1060. The van der Waals surface area contributed by atoms with Crippen molar-refractivity contribution in [3.8, 4) is 11.5 Å². The normalized spacial score (nSPS) is 19.5. The first-order valence-electron chi connectivity index (χ1n) is 10.6. The van der Waals surface area contributed by atoms with Gasteiger partial charge in [-0.3, -0.25) is 4.79 Å². The monoisotopic (exact) mass is 444 g/mol. The zero-order valence-electron chi connectivity index (χ0n) is 17.9. The first-order chi connectivity index (χ1) is 15.0. The standard InChI is InChI=1S/C23H28N2O5S/c1-29-18-10-11-20(22(16-18)30-2)21-9-6-14-25(21)23(26)17-7-5-8-19(15-17)31(27,28)24-12-3-4-13-24/h5,7-8,10-11,15-16,21H,3-4,6,9,12-14H2,1-2H3. The quantitative estimate of drug-likeness (QED) is 0.682. The van der Waals surface area contributed by atoms with Crippen LogP contribution < -0.4 is 9.47 Å². The minimum atomic E-state index is -3.57. The molecule has 1 atom stereocenters. The van der Waals surface area contributed by atoms with E-state index in [0.717, 1.165) is 31.2 Å². The van der Waals surface area contributed by atoms with Crippen LogP contribution in [0.2, 0.25) is 0 Å². The maximum absolute atomic E-state index is 13.4. The van der Waals surface area contributed by atoms with Crippen molar-refractivity contribution in [1.29, 1.82) is 0 Å². The van der Waals surface area contributed by atoms with Gasteiger partial charge >= 0.3 is 0 Å². The second-order valence-electron chi connectivity index (χ2n) is 7.90. The molecular formula is C23H28N2O5S. The molecule has 0 N–H and O–H groups in total. The van der Waals surface area contributed by atoms with Gasteiger partial charge in [-0.05, 0) is 56.0 Å². The van der Waals surface area contributed by atoms with E-state index in [1.54, 1.807) is 32.4 Å². The van der Waals surface area contributed by atoms with Crippen LogP contribution in [0.25, 0.3) is 0 Å². The largest absolute Gasteiger partial charge is 0.497 e. The summed E-state index contributed by atoms with van der Waals surface area (Å²) >= 11 is 0. The molecule has 166 valence electrons. The molecule has 2 fully saturated rings. The van der Waals surface area contributed by atoms with Gasteiger partial charge in [0.05, 0.1) is 25.2 Å². The Morgan fingerprint density at radius 2 is 1.74 bits per heavy atom. The topological polar surface area (TPSA) is 76.2 Å². The molecule has 7 nitrogen and oxygen atoms in total. The molecule has 2 heterocycles. The second-order valence-corrected chi connectivity index (χ2v) is 9.84. The van der Waals surface area contributed by atoms with Crippen LogP contribution in [0.4, 0.5) is 0 Å². The summed E-state index contributed by atoms with van der Waals surface area (Å²) in [6.07, 6.45) is 3.44. The van der Waals surface area contributed by atoms with Crippen LogP contribution >= 0.6 is 0 Å². The summed E-state index contributed by atoms with van der Waals surface area (Å²) in [6.45, 7) is 1.68. The van der Waals surface area contributed by atoms with Gasteiger partial charge in [-0.1, -0.05) is 6.07 Å². The predicted octanol–water partition coefficient (Wildman–Crippen LogP) is 3.47. The lowest BCUT2D eigenvalue weighted by Crippen LogP contribution is -2.31. The third-order valence-electron chi connectivity index (χ3n) is 6.10. The second kappa shape index (κ2) is 8.88. The van der Waals surface area contributed by atoms with Crippen molar-refractivity contribution in [3.05, 3.63) is 53.6 Å². The van der Waals surface area contributed by atoms with Gasteiger partial charge < -0.3 is 14.4 Å². The summed E-state index contributed by atoms with van der Waals surface area (Å²) in [4.78, 5) is 15.4. The molecule has 31 heavy (non-hydrogen) atoms. The summed E-state index contributed by atoms with van der Waals surface area (Å²) in [5.41, 5.74) is 1.31. The van der Waals surface area contributed by atoms with E-state index >= 15 is 0 Å². The van der Waals surface area contributed by atoms with E-state index < -0.39 is 10.0 Å². The molecule has 2 aliphatic rings. The van der Waals surface area contributed by atoms with Gasteiger partial charge in [-0.2, -0.15) is 4.31 Å². The van der Waals surface area contributed by atoms with Gasteiger partial charge in [-0.15, -0.1) is 0 Å². The van der Waals surface area contributed by atoms with Gasteiger partial charge in [0.15, 0.2) is 0 Å². The summed E-state index contributed by atoms with van der Waals surface area (Å²) in [7, 11) is -0.370. The molecule has 4 rings (SSSR count). The van der Waals surface area contributed by atoms with Crippen molar-refractivity contribution in [1.82, 2.24) is 9.21 Å². The molecule has 0 spiro atoms. The fraction of sp³-hybridized carbons (Fsp3) is 0.435. The van der Waals surface area contributed by atoms with E-state index in [-0.39, 0.29) is 16.8 Å². The van der Waals surface area contributed by atoms with Gasteiger partial charge in [0.25, 0.3) is 5.91 Å². The highest BCUT2D eigenvalue weighted by atomic mass is 32.2. The Morgan fingerprint density at radius 1 is 0.968 bits per heavy atom. The van der Waals surface area contributed by atoms with Crippen molar-refractivity contribution in [2.24, 2.45) is 0 Å². The zero-order valence-corrected chi connectivity index (χ0v) is 18.7. The number of rotatable bonds is 6. The highest BCUT2D eigenvalue weighted by molar-refractivity contribution is 7.89. The van der Waals surface area contributed by atoms with Crippen LogP contribution in [0, 0.1) is 0 Å². The van der Waals surface area contributed by atoms with E-state index in [9.17, 15) is 13.2 Å². The number of carbonyl (C=O) groups excluding carboxylic acids is 1. The number of methoxy groups -OCH3 is 2. The molecule has 1 amide bonds. The summed E-state index contributed by atoms with van der Waals surface area (Å²) in [5, 5.41) is 0. The van der Waals surface area contributed by atoms with Gasteiger partial charge in [0.1, 0.15) is 11.5 Å². The number of nitrogens with zero attached hydrogens (tertiary/aromatic N) is 2. The van der Waals surface area contributed by atoms with Crippen LogP contribution in [0.3, 0.4) is 0 Å². The minimum Gasteiger partial charge on any atom is -0.497 e. The van der Waals surface area contributed by atoms with Crippen molar-refractivity contribution < 1.29 is 22.7 Å². The van der Waals surface area contributed by atoms with E-state index in [0.29, 0.717) is 36.7 Å². The molecule has 0 aromatic heterocycles. The molecular weight excluding hydrogens is 416 g/mol. The molecule has 0 aliphatic carbocycles. The van der Waals surface area contributed by atoms with Gasteiger partial charge in [0.2, 0.25) is 10.0 Å². The Labute approximate surface area is 183 Å². The number of ether oxygens (including phenoxy) is 2. The molecule has 2 aliphatic heterocycles. The van der Waals surface area contributed by atoms with Crippen molar-refractivity contribution in [3.63, 3.8) is 0 Å². The summed E-state index contributed by atoms with van der Waals surface area (Å²) in [5.74, 6) is 1.20. The maximum Gasteiger partial charge on any atom is 0.254 e. The first kappa shape index (κ1) is 21.6. The van der Waals surface area contributed by atoms with Crippen LogP contribution in [-0.4, -0.2) is 57.4 Å². The Morgan fingerprint density at radius 3 is 2.45 bits per heavy atom. The molecule has 2 saturated heterocycles. The van der Waals surface area contributed by atoms with Crippen LogP contribution in [-0.2, 0) is 10.0 Å². The average Bonchev–Trinajstić information content (AvgIpc) is 3.51. The molecule has 0 bridgehead atoms. The molecule has 8 heteroatoms. The summed E-state index contributed by atoms with van der Waals surface area (Å²) in [6, 6.07) is 11.9. The van der Waals surface area contributed by atoms with Crippen LogP contribution in [0.5, 0.6) is 11.5 Å². The molecule has 0 radical (unpaired) electrons. The van der Waals surface area contributed by atoms with Gasteiger partial charge in [-0.25, -0.2) is 8.42 Å². The fourth-order valence-electron chi connectivity index (χ4n) is 4.46. The molecule has 0 saturated carbocycles. The number of carbonyl (C=O) groups is 1. The zero-order chi connectivity index (χ0) is 22.0. The number of benzene rings is 2. The average molecular weight is 445 g/mol. The van der Waals surface area contributed by atoms with Crippen molar-refractivity contribution in [2.75, 3.05) is 33.9 Å². The van der Waals surface area contributed by atoms with Crippen LogP contribution in [0.1, 0.15) is 47.6 Å². The molecule has 2 aromatic carbocycles. The Hall–Kier alpha value is -2.58. The first-order valence-corrected chi connectivity index (χ1v) is 12.0. The summed E-state index contributed by atoms with van der Waals surface area (Å²) < 4.78 is 38.2. The smallest absolute Gasteiger partial charge is 0.254 e. The lowest BCUT2D eigenvalue weighted by molar-refractivity contribution is 0.0734. The molecule has 2 aromatic rings. The predicted molar refractivity (Wildman–Crippen MR) is 117 cm³/mol. The third-order valence-corrected chi connectivity index (χ3v) is 7.99. The highest BCUT2D eigenvalue weighted by Crippen LogP contribution is 2.39. The Balaban J connectivity index is 1.62. The van der Waals surface area contributed by atoms with Gasteiger partial charge in [0, 0.05) is 36.8 Å². The number of hydrogen-bond acceptors (Lipinski definition) is 5. The number of amides is 1. The minimum absolute atomic E-state index is 0.132. The number of sulfonamides is 1. The third kappa shape index (κ3) is 4.14. The lowest BCUT2D eigenvalue weighted by Gasteiger charge is -2.27. The van der Waals surface area contributed by atoms with E-state index in [1.165, 1.54) is 10.4 Å². The lowest BCUT2D eigenvalue weighted by atomic mass is 10.0.